The summed E-state index contributed by atoms with van der Waals surface area (Å²) in [6.07, 6.45) is -0.831. The van der Waals surface area contributed by atoms with Gasteiger partial charge < -0.3 is 9.80 Å². The second kappa shape index (κ2) is 12.3. The lowest BCUT2D eigenvalue weighted by atomic mass is 10.1. The largest absolute Gasteiger partial charge is 0.372 e. The van der Waals surface area contributed by atoms with Crippen LogP contribution in [-0.2, 0) is 20.0 Å². The second-order valence-corrected chi connectivity index (χ2v) is 13.5. The third-order valence-electron chi connectivity index (χ3n) is 7.07. The van der Waals surface area contributed by atoms with Gasteiger partial charge in [0, 0.05) is 31.9 Å². The van der Waals surface area contributed by atoms with Crippen LogP contribution in [0.1, 0.15) is 36.7 Å². The van der Waals surface area contributed by atoms with Crippen LogP contribution in [0.25, 0.3) is 0 Å². The summed E-state index contributed by atoms with van der Waals surface area (Å²) >= 11 is 6.31. The molecule has 1 atom stereocenters. The highest BCUT2D eigenvalue weighted by Crippen LogP contribution is 2.36. The molecule has 8 nitrogen and oxygen atoms in total. The molecule has 0 bridgehead atoms. The van der Waals surface area contributed by atoms with Gasteiger partial charge in [0.05, 0.1) is 15.7 Å². The van der Waals surface area contributed by atoms with E-state index in [0.717, 1.165) is 29.9 Å². The number of halogens is 1. The highest BCUT2D eigenvalue weighted by molar-refractivity contribution is 7.90. The van der Waals surface area contributed by atoms with E-state index in [0.29, 0.717) is 5.56 Å². The van der Waals surface area contributed by atoms with Crippen molar-refractivity contribution in [3.8, 4) is 0 Å². The number of anilines is 1. The average Bonchev–Trinajstić information content (AvgIpc) is 3.39. The minimum Gasteiger partial charge on any atom is -0.372 e. The fourth-order valence-corrected chi connectivity index (χ4v) is 7.71. The summed E-state index contributed by atoms with van der Waals surface area (Å²) in [6.45, 7) is 9.94. The summed E-state index contributed by atoms with van der Waals surface area (Å²) in [7, 11) is -8.01. The molecule has 40 heavy (non-hydrogen) atoms. The fourth-order valence-electron chi connectivity index (χ4n) is 4.82. The van der Waals surface area contributed by atoms with Crippen molar-refractivity contribution in [2.75, 3.05) is 37.0 Å². The SMILES string of the molecule is CCN(CC)c1ccc(C2N(/C(CCl)=N/S(=O)(=O)c3ccc(C)cc3)CCN2S(=O)(=O)c2ccc(C)cc2)cc1. The number of alkyl halides is 1. The molecule has 11 heteroatoms. The number of rotatable bonds is 9. The minimum atomic E-state index is -4.08. The van der Waals surface area contributed by atoms with Gasteiger partial charge in [0.2, 0.25) is 10.0 Å². The molecule has 0 aromatic heterocycles. The van der Waals surface area contributed by atoms with E-state index in [-0.39, 0.29) is 34.6 Å². The molecule has 1 saturated heterocycles. The number of hydrogen-bond acceptors (Lipinski definition) is 5. The first-order chi connectivity index (χ1) is 19.0. The van der Waals surface area contributed by atoms with Crippen LogP contribution in [-0.4, -0.2) is 63.9 Å². The molecule has 3 aromatic carbocycles. The predicted molar refractivity (Wildman–Crippen MR) is 161 cm³/mol. The first-order valence-electron chi connectivity index (χ1n) is 13.2. The number of hydrogen-bond donors (Lipinski definition) is 0. The van der Waals surface area contributed by atoms with Crippen LogP contribution < -0.4 is 4.90 Å². The molecule has 214 valence electrons. The van der Waals surface area contributed by atoms with Crippen molar-refractivity contribution in [2.45, 2.75) is 43.7 Å². The smallest absolute Gasteiger partial charge is 0.283 e. The maximum Gasteiger partial charge on any atom is 0.283 e. The molecular formula is C29H35ClN4O4S2. The first-order valence-corrected chi connectivity index (χ1v) is 16.6. The number of sulfonamides is 2. The van der Waals surface area contributed by atoms with Crippen molar-refractivity contribution in [1.82, 2.24) is 9.21 Å². The van der Waals surface area contributed by atoms with Crippen molar-refractivity contribution in [3.63, 3.8) is 0 Å². The van der Waals surface area contributed by atoms with E-state index < -0.39 is 26.2 Å². The predicted octanol–water partition coefficient (Wildman–Crippen LogP) is 5.18. The van der Waals surface area contributed by atoms with Crippen LogP contribution >= 0.6 is 11.6 Å². The molecule has 3 aromatic rings. The van der Waals surface area contributed by atoms with E-state index in [4.69, 9.17) is 11.6 Å². The summed E-state index contributed by atoms with van der Waals surface area (Å²) < 4.78 is 59.7. The molecule has 0 radical (unpaired) electrons. The zero-order valence-corrected chi connectivity index (χ0v) is 25.5. The maximum atomic E-state index is 13.9. The Morgan fingerprint density at radius 2 is 1.35 bits per heavy atom. The average molecular weight is 603 g/mol. The molecule has 1 aliphatic heterocycles. The van der Waals surface area contributed by atoms with Gasteiger partial charge in [0.1, 0.15) is 12.0 Å². The van der Waals surface area contributed by atoms with Gasteiger partial charge in [0.25, 0.3) is 10.0 Å². The Labute approximate surface area is 243 Å². The van der Waals surface area contributed by atoms with E-state index >= 15 is 0 Å². The number of nitrogens with zero attached hydrogens (tertiary/aromatic N) is 4. The lowest BCUT2D eigenvalue weighted by Crippen LogP contribution is -2.39. The van der Waals surface area contributed by atoms with E-state index in [1.165, 1.54) is 16.4 Å². The van der Waals surface area contributed by atoms with E-state index in [1.54, 1.807) is 41.3 Å². The van der Waals surface area contributed by atoms with Crippen LogP contribution in [0.3, 0.4) is 0 Å². The fraction of sp³-hybridized carbons (Fsp3) is 0.345. The summed E-state index contributed by atoms with van der Waals surface area (Å²) in [5.41, 5.74) is 3.57. The molecule has 1 unspecified atom stereocenters. The van der Waals surface area contributed by atoms with Crippen LogP contribution in [0.5, 0.6) is 0 Å². The number of amidine groups is 1. The Bertz CT molecular complexity index is 1550. The lowest BCUT2D eigenvalue weighted by Gasteiger charge is -2.32. The maximum absolute atomic E-state index is 13.9. The van der Waals surface area contributed by atoms with E-state index in [2.05, 4.69) is 23.1 Å². The normalized spacial score (nSPS) is 16.9. The highest BCUT2D eigenvalue weighted by atomic mass is 35.5. The van der Waals surface area contributed by atoms with Gasteiger partial charge in [-0.05, 0) is 69.7 Å². The Morgan fingerprint density at radius 3 is 1.85 bits per heavy atom. The highest BCUT2D eigenvalue weighted by Gasteiger charge is 2.42. The molecule has 0 amide bonds. The molecule has 0 saturated carbocycles. The molecule has 0 spiro atoms. The van der Waals surface area contributed by atoms with Crippen molar-refractivity contribution in [1.29, 1.82) is 0 Å². The zero-order valence-electron chi connectivity index (χ0n) is 23.2. The van der Waals surface area contributed by atoms with Crippen molar-refractivity contribution >= 4 is 43.2 Å². The Hall–Kier alpha value is -2.92. The Balaban J connectivity index is 1.80. The van der Waals surface area contributed by atoms with Crippen molar-refractivity contribution in [3.05, 3.63) is 89.5 Å². The molecule has 1 heterocycles. The van der Waals surface area contributed by atoms with Gasteiger partial charge >= 0.3 is 0 Å². The third kappa shape index (κ3) is 6.20. The number of aryl methyl sites for hydroxylation is 2. The van der Waals surface area contributed by atoms with Gasteiger partial charge in [-0.15, -0.1) is 16.0 Å². The molecule has 1 aliphatic rings. The Kier molecular flexibility index (Phi) is 9.24. The standard InChI is InChI=1S/C29H35ClN4O4S2/c1-5-32(6-2)25-13-11-24(12-14-25)29-33(19-20-34(29)40(37,38)27-17-9-23(4)10-18-27)28(21-30)31-39(35,36)26-15-7-22(3)8-16-26/h7-18,29H,5-6,19-21H2,1-4H3/b31-28+. The molecule has 4 rings (SSSR count). The molecular weight excluding hydrogens is 568 g/mol. The quantitative estimate of drug-likeness (QED) is 0.190. The monoisotopic (exact) mass is 602 g/mol. The van der Waals surface area contributed by atoms with Crippen LogP contribution in [0.2, 0.25) is 0 Å². The zero-order chi connectivity index (χ0) is 29.1. The van der Waals surface area contributed by atoms with E-state index in [9.17, 15) is 16.8 Å². The second-order valence-electron chi connectivity index (χ2n) is 9.69. The van der Waals surface area contributed by atoms with Gasteiger partial charge in [-0.1, -0.05) is 47.5 Å². The van der Waals surface area contributed by atoms with Gasteiger partial charge in [-0.2, -0.15) is 12.7 Å². The van der Waals surface area contributed by atoms with Crippen molar-refractivity contribution in [2.24, 2.45) is 4.40 Å². The van der Waals surface area contributed by atoms with Gasteiger partial charge in [-0.3, -0.25) is 0 Å². The Morgan fingerprint density at radius 1 is 0.825 bits per heavy atom. The minimum absolute atomic E-state index is 0.0455. The summed E-state index contributed by atoms with van der Waals surface area (Å²) in [4.78, 5) is 4.08. The third-order valence-corrected chi connectivity index (χ3v) is 10.5. The van der Waals surface area contributed by atoms with E-state index in [1.807, 2.05) is 38.1 Å². The van der Waals surface area contributed by atoms with Crippen LogP contribution in [0, 0.1) is 13.8 Å². The van der Waals surface area contributed by atoms with Crippen molar-refractivity contribution < 1.29 is 16.8 Å². The molecule has 1 fully saturated rings. The van der Waals surface area contributed by atoms with Crippen LogP contribution in [0.15, 0.2) is 87.0 Å². The summed E-state index contributed by atoms with van der Waals surface area (Å²) in [5.74, 6) is -0.126. The number of benzene rings is 3. The lowest BCUT2D eigenvalue weighted by molar-refractivity contribution is 0.284. The topological polar surface area (TPSA) is 90.4 Å². The molecule has 0 aliphatic carbocycles. The van der Waals surface area contributed by atoms with Gasteiger partial charge in [0.15, 0.2) is 0 Å². The molecule has 0 N–H and O–H groups in total. The van der Waals surface area contributed by atoms with Crippen LogP contribution in [0.4, 0.5) is 5.69 Å². The first kappa shape index (κ1) is 30.0. The summed E-state index contributed by atoms with van der Waals surface area (Å²) in [6, 6.07) is 20.8. The summed E-state index contributed by atoms with van der Waals surface area (Å²) in [5, 5.41) is 0. The van der Waals surface area contributed by atoms with Gasteiger partial charge in [-0.25, -0.2) is 8.42 Å².